The number of ether oxygens (including phenoxy) is 1. The maximum Gasteiger partial charge on any atom is 0.341 e. The molecule has 0 unspecified atom stereocenters. The smallest absolute Gasteiger partial charge is 0.341 e. The molecular weight excluding hydrogens is 270 g/mol. The molecule has 0 aromatic carbocycles. The lowest BCUT2D eigenvalue weighted by atomic mass is 10.3. The molecular formula is C12H16ClN3O3. The van der Waals surface area contributed by atoms with Crippen LogP contribution in [-0.4, -0.2) is 60.8 Å². The Bertz CT molecular complexity index is 462. The van der Waals surface area contributed by atoms with Crippen molar-refractivity contribution in [3.8, 4) is 5.75 Å². The first-order chi connectivity index (χ1) is 9.06. The van der Waals surface area contributed by atoms with Crippen LogP contribution in [0.1, 0.15) is 0 Å². The lowest BCUT2D eigenvalue weighted by Crippen LogP contribution is -2.44. The van der Waals surface area contributed by atoms with E-state index in [0.717, 1.165) is 32.0 Å². The fourth-order valence-electron chi connectivity index (χ4n) is 1.87. The quantitative estimate of drug-likeness (QED) is 0.831. The predicted octanol–water partition coefficient (Wildman–Crippen LogP) is 0.950. The van der Waals surface area contributed by atoms with E-state index >= 15 is 0 Å². The van der Waals surface area contributed by atoms with E-state index < -0.39 is 12.6 Å². The van der Waals surface area contributed by atoms with Gasteiger partial charge in [0.25, 0.3) is 0 Å². The summed E-state index contributed by atoms with van der Waals surface area (Å²) in [6.07, 6.45) is 0. The molecule has 1 saturated heterocycles. The third-order valence-electron chi connectivity index (χ3n) is 2.98. The Morgan fingerprint density at radius 2 is 2.11 bits per heavy atom. The van der Waals surface area contributed by atoms with Gasteiger partial charge in [-0.15, -0.1) is 0 Å². The summed E-state index contributed by atoms with van der Waals surface area (Å²) in [5.41, 5.74) is 0. The maximum absolute atomic E-state index is 10.4. The average molecular weight is 286 g/mol. The molecule has 0 bridgehead atoms. The molecule has 7 heteroatoms. The Morgan fingerprint density at radius 1 is 1.42 bits per heavy atom. The van der Waals surface area contributed by atoms with Gasteiger partial charge in [-0.05, 0) is 19.2 Å². The van der Waals surface area contributed by atoms with Crippen molar-refractivity contribution in [3.05, 3.63) is 17.3 Å². The van der Waals surface area contributed by atoms with Crippen LogP contribution in [0.4, 0.5) is 5.82 Å². The van der Waals surface area contributed by atoms with Gasteiger partial charge in [-0.3, -0.25) is 0 Å². The molecule has 6 nitrogen and oxygen atoms in total. The van der Waals surface area contributed by atoms with Crippen molar-refractivity contribution in [1.82, 2.24) is 9.88 Å². The summed E-state index contributed by atoms with van der Waals surface area (Å²) in [5.74, 6) is 0.0435. The number of nitrogens with zero attached hydrogens (tertiary/aromatic N) is 3. The molecule has 0 aliphatic carbocycles. The molecule has 1 aromatic rings. The van der Waals surface area contributed by atoms with Crippen molar-refractivity contribution in [1.29, 1.82) is 0 Å². The van der Waals surface area contributed by atoms with Crippen LogP contribution in [0.15, 0.2) is 12.1 Å². The van der Waals surface area contributed by atoms with Crippen LogP contribution in [0.3, 0.4) is 0 Å². The highest BCUT2D eigenvalue weighted by Crippen LogP contribution is 2.26. The summed E-state index contributed by atoms with van der Waals surface area (Å²) in [6.45, 7) is 3.34. The molecule has 2 rings (SSSR count). The van der Waals surface area contributed by atoms with E-state index in [-0.39, 0.29) is 5.15 Å². The number of hydrogen-bond acceptors (Lipinski definition) is 5. The Labute approximate surface area is 116 Å². The molecule has 1 aliphatic rings. The minimum atomic E-state index is -1.04. The van der Waals surface area contributed by atoms with Gasteiger partial charge in [0, 0.05) is 26.2 Å². The minimum absolute atomic E-state index is 0.192. The van der Waals surface area contributed by atoms with E-state index in [4.69, 9.17) is 21.4 Å². The molecule has 19 heavy (non-hydrogen) atoms. The lowest BCUT2D eigenvalue weighted by Gasteiger charge is -2.33. The number of carboxylic acids is 1. The predicted molar refractivity (Wildman–Crippen MR) is 72.1 cm³/mol. The standard InChI is InChI=1S/C12H16ClN3O3/c1-15-4-6-16(7-5-15)10-3-2-9(12(13)14-10)19-8-11(17)18/h2-3H,4-8H2,1H3,(H,17,18). The Hall–Kier alpha value is -1.53. The second-order valence-electron chi connectivity index (χ2n) is 4.43. The van der Waals surface area contributed by atoms with E-state index in [1.54, 1.807) is 12.1 Å². The third kappa shape index (κ3) is 3.71. The topological polar surface area (TPSA) is 65.9 Å². The van der Waals surface area contributed by atoms with Crippen molar-refractivity contribution in [2.45, 2.75) is 0 Å². The minimum Gasteiger partial charge on any atom is -0.479 e. The van der Waals surface area contributed by atoms with E-state index in [0.29, 0.717) is 5.75 Å². The molecule has 2 heterocycles. The van der Waals surface area contributed by atoms with Gasteiger partial charge >= 0.3 is 5.97 Å². The summed E-state index contributed by atoms with van der Waals surface area (Å²) in [4.78, 5) is 19.1. The summed E-state index contributed by atoms with van der Waals surface area (Å²) in [6, 6.07) is 3.46. The van der Waals surface area contributed by atoms with Crippen molar-refractivity contribution in [2.24, 2.45) is 0 Å². The number of aliphatic carboxylic acids is 1. The fraction of sp³-hybridized carbons (Fsp3) is 0.500. The Kier molecular flexibility index (Phi) is 4.44. The van der Waals surface area contributed by atoms with Crippen LogP contribution in [0.5, 0.6) is 5.75 Å². The number of piperazine rings is 1. The van der Waals surface area contributed by atoms with Crippen LogP contribution >= 0.6 is 11.6 Å². The molecule has 0 saturated carbocycles. The highest BCUT2D eigenvalue weighted by atomic mass is 35.5. The number of halogens is 1. The first kappa shape index (κ1) is 13.9. The number of likely N-dealkylation sites (N-methyl/N-ethyl adjacent to an activating group) is 1. The first-order valence-corrected chi connectivity index (χ1v) is 6.38. The van der Waals surface area contributed by atoms with Crippen LogP contribution < -0.4 is 9.64 Å². The first-order valence-electron chi connectivity index (χ1n) is 6.01. The van der Waals surface area contributed by atoms with Crippen LogP contribution in [0.2, 0.25) is 5.15 Å². The highest BCUT2D eigenvalue weighted by molar-refractivity contribution is 6.30. The largest absolute Gasteiger partial charge is 0.479 e. The maximum atomic E-state index is 10.4. The summed E-state index contributed by atoms with van der Waals surface area (Å²) in [7, 11) is 2.08. The second kappa shape index (κ2) is 6.08. The number of pyridine rings is 1. The number of carboxylic acid groups (broad SMARTS) is 1. The van der Waals surface area contributed by atoms with Crippen molar-refractivity contribution < 1.29 is 14.6 Å². The summed E-state index contributed by atoms with van der Waals surface area (Å²) < 4.78 is 5.04. The van der Waals surface area contributed by atoms with Crippen molar-refractivity contribution >= 4 is 23.4 Å². The number of rotatable bonds is 4. The monoisotopic (exact) mass is 285 g/mol. The fourth-order valence-corrected chi connectivity index (χ4v) is 2.07. The lowest BCUT2D eigenvalue weighted by molar-refractivity contribution is -0.139. The third-order valence-corrected chi connectivity index (χ3v) is 3.25. The summed E-state index contributed by atoms with van der Waals surface area (Å²) >= 11 is 5.99. The zero-order valence-electron chi connectivity index (χ0n) is 10.7. The van der Waals surface area contributed by atoms with Crippen LogP contribution in [0, 0.1) is 0 Å². The normalized spacial score (nSPS) is 16.4. The van der Waals surface area contributed by atoms with E-state index in [1.807, 2.05) is 0 Å². The van der Waals surface area contributed by atoms with Gasteiger partial charge in [0.2, 0.25) is 0 Å². The second-order valence-corrected chi connectivity index (χ2v) is 4.79. The van der Waals surface area contributed by atoms with Gasteiger partial charge in [0.1, 0.15) is 5.82 Å². The number of anilines is 1. The van der Waals surface area contributed by atoms with E-state index in [2.05, 4.69) is 21.8 Å². The van der Waals surface area contributed by atoms with Crippen molar-refractivity contribution in [2.75, 3.05) is 44.7 Å². The zero-order valence-corrected chi connectivity index (χ0v) is 11.4. The van der Waals surface area contributed by atoms with E-state index in [9.17, 15) is 4.79 Å². The number of aromatic nitrogens is 1. The molecule has 0 radical (unpaired) electrons. The molecule has 1 aromatic heterocycles. The summed E-state index contributed by atoms with van der Waals surface area (Å²) in [5, 5.41) is 8.74. The van der Waals surface area contributed by atoms with Gasteiger partial charge in [-0.2, -0.15) is 0 Å². The van der Waals surface area contributed by atoms with Gasteiger partial charge in [-0.1, -0.05) is 11.6 Å². The van der Waals surface area contributed by atoms with Crippen LogP contribution in [0.25, 0.3) is 0 Å². The van der Waals surface area contributed by atoms with Crippen molar-refractivity contribution in [3.63, 3.8) is 0 Å². The Balaban J connectivity index is 2.03. The van der Waals surface area contributed by atoms with Crippen LogP contribution in [-0.2, 0) is 4.79 Å². The van der Waals surface area contributed by atoms with Gasteiger partial charge in [0.05, 0.1) is 0 Å². The number of hydrogen-bond donors (Lipinski definition) is 1. The Morgan fingerprint density at radius 3 is 2.68 bits per heavy atom. The van der Waals surface area contributed by atoms with Gasteiger partial charge in [0.15, 0.2) is 17.5 Å². The SMILES string of the molecule is CN1CCN(c2ccc(OCC(=O)O)c(Cl)n2)CC1. The molecule has 0 amide bonds. The highest BCUT2D eigenvalue weighted by Gasteiger charge is 2.16. The molecule has 0 atom stereocenters. The molecule has 1 N–H and O–H groups in total. The van der Waals surface area contributed by atoms with Gasteiger partial charge in [-0.25, -0.2) is 9.78 Å². The zero-order chi connectivity index (χ0) is 13.8. The average Bonchev–Trinajstić information content (AvgIpc) is 2.38. The molecule has 104 valence electrons. The molecule has 1 aliphatic heterocycles. The number of carbonyl (C=O) groups is 1. The van der Waals surface area contributed by atoms with E-state index in [1.165, 1.54) is 0 Å². The molecule has 0 spiro atoms. The molecule has 1 fully saturated rings. The van der Waals surface area contributed by atoms with Gasteiger partial charge < -0.3 is 19.6 Å².